The number of aryl methyl sites for hydroxylation is 1. The van der Waals surface area contributed by atoms with Crippen LogP contribution in [0.5, 0.6) is 0 Å². The van der Waals surface area contributed by atoms with Crippen LogP contribution in [0.1, 0.15) is 36.1 Å². The second-order valence-corrected chi connectivity index (χ2v) is 7.44. The maximum atomic E-state index is 12.4. The number of hydrogen-bond donors (Lipinski definition) is 1. The Balaban J connectivity index is 1.53. The maximum absolute atomic E-state index is 12.4. The fourth-order valence-electron chi connectivity index (χ4n) is 3.50. The Morgan fingerprint density at radius 3 is 2.59 bits per heavy atom. The van der Waals surface area contributed by atoms with Gasteiger partial charge in [-0.1, -0.05) is 42.5 Å². The topological polar surface area (TPSA) is 75.7 Å². The smallest absolute Gasteiger partial charge is 0.311 e. The van der Waals surface area contributed by atoms with Gasteiger partial charge in [-0.25, -0.2) is 0 Å². The molecule has 0 radical (unpaired) electrons. The van der Waals surface area contributed by atoms with Gasteiger partial charge in [-0.3, -0.25) is 14.4 Å². The Morgan fingerprint density at radius 1 is 1.14 bits per heavy atom. The fraction of sp³-hybridized carbons (Fsp3) is 0.348. The first-order valence-corrected chi connectivity index (χ1v) is 9.74. The van der Waals surface area contributed by atoms with Crippen molar-refractivity contribution in [2.45, 2.75) is 33.2 Å². The number of likely N-dealkylation sites (tertiary alicyclic amines) is 1. The van der Waals surface area contributed by atoms with E-state index in [-0.39, 0.29) is 25.0 Å². The molecule has 0 unspecified atom stereocenters. The molecule has 1 N–H and O–H groups in total. The molecule has 2 aromatic rings. The van der Waals surface area contributed by atoms with Crippen LogP contribution in [0.2, 0.25) is 0 Å². The van der Waals surface area contributed by atoms with Gasteiger partial charge in [-0.05, 0) is 43.5 Å². The Morgan fingerprint density at radius 2 is 1.86 bits per heavy atom. The van der Waals surface area contributed by atoms with Gasteiger partial charge in [0.25, 0.3) is 5.91 Å². The third-order valence-corrected chi connectivity index (χ3v) is 5.47. The van der Waals surface area contributed by atoms with E-state index < -0.39 is 17.8 Å². The highest BCUT2D eigenvalue weighted by Crippen LogP contribution is 2.29. The second-order valence-electron chi connectivity index (χ2n) is 7.44. The van der Waals surface area contributed by atoms with E-state index in [1.165, 1.54) is 0 Å². The summed E-state index contributed by atoms with van der Waals surface area (Å²) in [6.07, 6.45) is 0.106. The number of anilines is 1. The van der Waals surface area contributed by atoms with Crippen LogP contribution in [0.15, 0.2) is 48.5 Å². The summed E-state index contributed by atoms with van der Waals surface area (Å²) >= 11 is 0. The van der Waals surface area contributed by atoms with Gasteiger partial charge in [0.1, 0.15) is 0 Å². The van der Waals surface area contributed by atoms with E-state index >= 15 is 0 Å². The van der Waals surface area contributed by atoms with Crippen molar-refractivity contribution in [2.24, 2.45) is 5.92 Å². The van der Waals surface area contributed by atoms with E-state index in [0.29, 0.717) is 12.2 Å². The second kappa shape index (κ2) is 8.90. The largest absolute Gasteiger partial charge is 0.455 e. The van der Waals surface area contributed by atoms with Gasteiger partial charge in [-0.2, -0.15) is 0 Å². The molecule has 2 aromatic carbocycles. The van der Waals surface area contributed by atoms with Crippen molar-refractivity contribution < 1.29 is 19.1 Å². The van der Waals surface area contributed by atoms with Crippen molar-refractivity contribution >= 4 is 23.5 Å². The number of hydrogen-bond acceptors (Lipinski definition) is 4. The van der Waals surface area contributed by atoms with E-state index in [1.54, 1.807) is 11.0 Å². The van der Waals surface area contributed by atoms with Crippen molar-refractivity contribution in [1.29, 1.82) is 0 Å². The van der Waals surface area contributed by atoms with Crippen molar-refractivity contribution in [3.8, 4) is 0 Å². The fourth-order valence-corrected chi connectivity index (χ4v) is 3.50. The van der Waals surface area contributed by atoms with Gasteiger partial charge in [-0.15, -0.1) is 0 Å². The van der Waals surface area contributed by atoms with Crippen molar-refractivity contribution in [3.05, 3.63) is 65.2 Å². The van der Waals surface area contributed by atoms with E-state index in [2.05, 4.69) is 5.32 Å². The van der Waals surface area contributed by atoms with E-state index in [0.717, 1.165) is 16.7 Å². The minimum Gasteiger partial charge on any atom is -0.455 e. The minimum absolute atomic E-state index is 0.0804. The molecule has 1 saturated heterocycles. The van der Waals surface area contributed by atoms with Crippen molar-refractivity contribution in [2.75, 3.05) is 18.5 Å². The predicted octanol–water partition coefficient (Wildman–Crippen LogP) is 3.39. The number of amides is 2. The lowest BCUT2D eigenvalue weighted by molar-refractivity contribution is -0.151. The molecule has 1 aliphatic rings. The Kier molecular flexibility index (Phi) is 6.32. The summed E-state index contributed by atoms with van der Waals surface area (Å²) in [6, 6.07) is 15.2. The van der Waals surface area contributed by atoms with Crippen LogP contribution in [0, 0.1) is 19.8 Å². The molecule has 2 amide bonds. The zero-order valence-corrected chi connectivity index (χ0v) is 17.0. The molecule has 6 nitrogen and oxygen atoms in total. The number of nitrogens with one attached hydrogen (secondary N) is 1. The molecule has 0 saturated carbocycles. The number of benzene rings is 2. The van der Waals surface area contributed by atoms with Crippen LogP contribution in [-0.2, 0) is 19.1 Å². The third-order valence-electron chi connectivity index (χ3n) is 5.47. The van der Waals surface area contributed by atoms with Crippen LogP contribution in [0.4, 0.5) is 5.69 Å². The Labute approximate surface area is 170 Å². The normalized spacial score (nSPS) is 17.1. The molecule has 1 fully saturated rings. The maximum Gasteiger partial charge on any atom is 0.311 e. The first-order chi connectivity index (χ1) is 13.9. The zero-order valence-electron chi connectivity index (χ0n) is 17.0. The molecule has 2 atom stereocenters. The molecule has 29 heavy (non-hydrogen) atoms. The number of esters is 1. The van der Waals surface area contributed by atoms with Gasteiger partial charge < -0.3 is 15.0 Å². The lowest BCUT2D eigenvalue weighted by Crippen LogP contribution is -2.30. The average Bonchev–Trinajstić information content (AvgIpc) is 3.11. The lowest BCUT2D eigenvalue weighted by atomic mass is 10.1. The number of carbonyl (C=O) groups is 3. The summed E-state index contributed by atoms with van der Waals surface area (Å²) in [5, 5.41) is 2.76. The molecule has 1 aliphatic heterocycles. The van der Waals surface area contributed by atoms with E-state index in [9.17, 15) is 14.4 Å². The summed E-state index contributed by atoms with van der Waals surface area (Å²) in [6.45, 7) is 5.75. The van der Waals surface area contributed by atoms with Gasteiger partial charge >= 0.3 is 5.97 Å². The summed E-state index contributed by atoms with van der Waals surface area (Å²) in [5.41, 5.74) is 3.75. The van der Waals surface area contributed by atoms with E-state index in [4.69, 9.17) is 4.74 Å². The highest BCUT2D eigenvalue weighted by molar-refractivity contribution is 5.94. The third kappa shape index (κ3) is 4.83. The van der Waals surface area contributed by atoms with Gasteiger partial charge in [0.15, 0.2) is 6.61 Å². The lowest BCUT2D eigenvalue weighted by Gasteiger charge is -2.25. The number of ether oxygens (including phenoxy) is 1. The molecule has 0 spiro atoms. The quantitative estimate of drug-likeness (QED) is 0.762. The van der Waals surface area contributed by atoms with Crippen LogP contribution >= 0.6 is 0 Å². The molecule has 0 aliphatic carbocycles. The molecule has 6 heteroatoms. The molecular formula is C23H26N2O4. The van der Waals surface area contributed by atoms with Crippen LogP contribution in [0.3, 0.4) is 0 Å². The molecule has 3 rings (SSSR count). The first kappa shape index (κ1) is 20.6. The zero-order chi connectivity index (χ0) is 21.0. The molecule has 1 heterocycles. The molecular weight excluding hydrogens is 368 g/mol. The van der Waals surface area contributed by atoms with Crippen LogP contribution in [0.25, 0.3) is 0 Å². The monoisotopic (exact) mass is 394 g/mol. The summed E-state index contributed by atoms with van der Waals surface area (Å²) in [4.78, 5) is 38.6. The SMILES string of the molecule is Cc1cccc(NC(=O)COC(=O)[C@H]2CC(=O)N([C@H](C)c3ccccc3)C2)c1C. The Hall–Kier alpha value is -3.15. The Bertz CT molecular complexity index is 910. The average molecular weight is 394 g/mol. The van der Waals surface area contributed by atoms with Crippen molar-refractivity contribution in [1.82, 2.24) is 4.90 Å². The van der Waals surface area contributed by atoms with Gasteiger partial charge in [0.05, 0.1) is 12.0 Å². The van der Waals surface area contributed by atoms with Crippen molar-refractivity contribution in [3.63, 3.8) is 0 Å². The first-order valence-electron chi connectivity index (χ1n) is 9.74. The van der Waals surface area contributed by atoms with Crippen LogP contribution < -0.4 is 5.32 Å². The number of carbonyl (C=O) groups excluding carboxylic acids is 3. The molecule has 0 aromatic heterocycles. The minimum atomic E-state index is -0.554. The molecule has 0 bridgehead atoms. The highest BCUT2D eigenvalue weighted by atomic mass is 16.5. The molecule has 152 valence electrons. The number of nitrogens with zero attached hydrogens (tertiary/aromatic N) is 1. The number of rotatable bonds is 6. The van der Waals surface area contributed by atoms with Gasteiger partial charge in [0.2, 0.25) is 5.91 Å². The standard InChI is InChI=1S/C23H26N2O4/c1-15-8-7-11-20(16(15)2)24-21(26)14-29-23(28)19-12-22(27)25(13-19)17(3)18-9-5-4-6-10-18/h4-11,17,19H,12-14H2,1-3H3,(H,24,26)/t17-,19+/m1/s1. The van der Waals surface area contributed by atoms with E-state index in [1.807, 2.05) is 63.2 Å². The summed E-state index contributed by atoms with van der Waals surface area (Å²) in [7, 11) is 0. The van der Waals surface area contributed by atoms with Gasteiger partial charge in [0, 0.05) is 18.7 Å². The predicted molar refractivity (Wildman–Crippen MR) is 110 cm³/mol. The highest BCUT2D eigenvalue weighted by Gasteiger charge is 2.38. The summed E-state index contributed by atoms with van der Waals surface area (Å²) < 4.78 is 5.18. The summed E-state index contributed by atoms with van der Waals surface area (Å²) in [5.74, 6) is -1.55. The van der Waals surface area contributed by atoms with Crippen LogP contribution in [-0.4, -0.2) is 35.8 Å².